The number of thioether (sulfide) groups is 1. The molecule has 0 spiro atoms. The molecule has 172 valence electrons. The molecule has 0 aliphatic carbocycles. The van der Waals surface area contributed by atoms with Crippen molar-refractivity contribution in [2.24, 2.45) is 0 Å². The number of methoxy groups -OCH3 is 1. The minimum Gasteiger partial charge on any atom is -0.497 e. The van der Waals surface area contributed by atoms with Crippen molar-refractivity contribution in [1.82, 2.24) is 9.55 Å². The fourth-order valence-electron chi connectivity index (χ4n) is 3.60. The van der Waals surface area contributed by atoms with E-state index in [1.165, 1.54) is 16.3 Å². The predicted molar refractivity (Wildman–Crippen MR) is 130 cm³/mol. The fraction of sp³-hybridized carbons (Fsp3) is 0.160. The standard InChI is InChI=1S/C25H21N3O5S/c1-15(23(29)26-16-10-11-21-22(12-16)33-14-32-21)34-25-27-20-9-4-3-8-19(20)24(30)28(25)17-6-5-7-18(13-17)31-2/h3-13,15H,14H2,1-2H3,(H,26,29)/t15-/m1/s1. The number of hydrogen-bond acceptors (Lipinski definition) is 7. The van der Waals surface area contributed by atoms with Gasteiger partial charge in [0.25, 0.3) is 5.56 Å². The van der Waals surface area contributed by atoms with Crippen LogP contribution in [0.15, 0.2) is 76.7 Å². The average molecular weight is 476 g/mol. The first-order valence-electron chi connectivity index (χ1n) is 10.6. The maximum absolute atomic E-state index is 13.4. The molecule has 4 aromatic rings. The van der Waals surface area contributed by atoms with Crippen LogP contribution in [0, 0.1) is 0 Å². The number of amides is 1. The molecule has 34 heavy (non-hydrogen) atoms. The highest BCUT2D eigenvalue weighted by Gasteiger charge is 2.22. The van der Waals surface area contributed by atoms with Crippen molar-refractivity contribution < 1.29 is 19.0 Å². The summed E-state index contributed by atoms with van der Waals surface area (Å²) in [7, 11) is 1.57. The SMILES string of the molecule is COc1cccc(-n2c(S[C@H](C)C(=O)Nc3ccc4c(c3)OCO4)nc3ccccc3c2=O)c1. The first-order valence-corrected chi connectivity index (χ1v) is 11.4. The number of benzene rings is 3. The van der Waals surface area contributed by atoms with Crippen LogP contribution in [-0.4, -0.2) is 34.6 Å². The van der Waals surface area contributed by atoms with Crippen molar-refractivity contribution in [3.63, 3.8) is 0 Å². The number of carbonyl (C=O) groups is 1. The Kier molecular flexibility index (Phi) is 5.85. The molecule has 1 atom stereocenters. The Balaban J connectivity index is 1.48. The first-order chi connectivity index (χ1) is 16.5. The van der Waals surface area contributed by atoms with Gasteiger partial charge in [-0.05, 0) is 43.3 Å². The Morgan fingerprint density at radius 2 is 1.91 bits per heavy atom. The van der Waals surface area contributed by atoms with Crippen LogP contribution in [-0.2, 0) is 4.79 Å². The molecule has 1 aliphatic heterocycles. The van der Waals surface area contributed by atoms with Gasteiger partial charge in [-0.1, -0.05) is 30.0 Å². The summed E-state index contributed by atoms with van der Waals surface area (Å²) < 4.78 is 17.5. The maximum Gasteiger partial charge on any atom is 0.266 e. The topological polar surface area (TPSA) is 91.7 Å². The van der Waals surface area contributed by atoms with Crippen molar-refractivity contribution in [1.29, 1.82) is 0 Å². The molecule has 9 heteroatoms. The van der Waals surface area contributed by atoms with E-state index in [0.29, 0.717) is 44.7 Å². The van der Waals surface area contributed by atoms with E-state index in [2.05, 4.69) is 5.32 Å². The highest BCUT2D eigenvalue weighted by atomic mass is 32.2. The molecule has 0 saturated carbocycles. The molecule has 0 fully saturated rings. The molecule has 2 heterocycles. The molecule has 0 radical (unpaired) electrons. The maximum atomic E-state index is 13.4. The van der Waals surface area contributed by atoms with Crippen molar-refractivity contribution >= 4 is 34.3 Å². The summed E-state index contributed by atoms with van der Waals surface area (Å²) >= 11 is 1.20. The smallest absolute Gasteiger partial charge is 0.266 e. The van der Waals surface area contributed by atoms with Gasteiger partial charge in [0.15, 0.2) is 16.7 Å². The molecular formula is C25H21N3O5S. The molecule has 1 N–H and O–H groups in total. The highest BCUT2D eigenvalue weighted by Crippen LogP contribution is 2.34. The third kappa shape index (κ3) is 4.17. The highest BCUT2D eigenvalue weighted by molar-refractivity contribution is 8.00. The Morgan fingerprint density at radius 1 is 1.09 bits per heavy atom. The molecule has 1 aliphatic rings. The van der Waals surface area contributed by atoms with Crippen molar-refractivity contribution in [3.05, 3.63) is 77.1 Å². The van der Waals surface area contributed by atoms with Gasteiger partial charge in [0.1, 0.15) is 5.75 Å². The zero-order valence-electron chi connectivity index (χ0n) is 18.5. The monoisotopic (exact) mass is 475 g/mol. The summed E-state index contributed by atoms with van der Waals surface area (Å²) in [6, 6.07) is 19.6. The van der Waals surface area contributed by atoms with Crippen LogP contribution < -0.4 is 25.1 Å². The number of nitrogens with zero attached hydrogens (tertiary/aromatic N) is 2. The number of rotatable bonds is 6. The van der Waals surface area contributed by atoms with Crippen molar-refractivity contribution in [2.45, 2.75) is 17.3 Å². The zero-order chi connectivity index (χ0) is 23.7. The summed E-state index contributed by atoms with van der Waals surface area (Å²) in [4.78, 5) is 31.1. The molecule has 0 bridgehead atoms. The van der Waals surface area contributed by atoms with E-state index in [9.17, 15) is 9.59 Å². The van der Waals surface area contributed by atoms with Crippen molar-refractivity contribution in [2.75, 3.05) is 19.2 Å². The lowest BCUT2D eigenvalue weighted by Gasteiger charge is -2.17. The average Bonchev–Trinajstić information content (AvgIpc) is 3.32. The molecule has 0 saturated heterocycles. The third-order valence-corrected chi connectivity index (χ3v) is 6.40. The van der Waals surface area contributed by atoms with Crippen LogP contribution in [0.5, 0.6) is 17.2 Å². The Morgan fingerprint density at radius 3 is 2.76 bits per heavy atom. The molecule has 5 rings (SSSR count). The number of ether oxygens (including phenoxy) is 3. The third-order valence-electron chi connectivity index (χ3n) is 5.35. The van der Waals surface area contributed by atoms with Gasteiger partial charge in [0.2, 0.25) is 12.7 Å². The number of para-hydroxylation sites is 1. The van der Waals surface area contributed by atoms with Crippen LogP contribution in [0.4, 0.5) is 5.69 Å². The normalized spacial score (nSPS) is 13.0. The minimum absolute atomic E-state index is 0.161. The Labute approximate surface area is 199 Å². The number of hydrogen-bond donors (Lipinski definition) is 1. The lowest BCUT2D eigenvalue weighted by atomic mass is 10.2. The number of anilines is 1. The molecular weight excluding hydrogens is 454 g/mol. The second kappa shape index (κ2) is 9.11. The summed E-state index contributed by atoms with van der Waals surface area (Å²) in [6.45, 7) is 1.93. The van der Waals surface area contributed by atoms with Gasteiger partial charge >= 0.3 is 0 Å². The van der Waals surface area contributed by atoms with Gasteiger partial charge in [0, 0.05) is 17.8 Å². The van der Waals surface area contributed by atoms with Crippen LogP contribution in [0.25, 0.3) is 16.6 Å². The van der Waals surface area contributed by atoms with Crippen molar-refractivity contribution in [3.8, 4) is 22.9 Å². The Bertz CT molecular complexity index is 1450. The summed E-state index contributed by atoms with van der Waals surface area (Å²) in [5.41, 5.74) is 1.55. The molecule has 1 aromatic heterocycles. The van der Waals surface area contributed by atoms with Gasteiger partial charge < -0.3 is 19.5 Å². The lowest BCUT2D eigenvalue weighted by molar-refractivity contribution is -0.115. The van der Waals surface area contributed by atoms with Crippen LogP contribution in [0.3, 0.4) is 0 Å². The van der Waals surface area contributed by atoms with Crippen LogP contribution in [0.1, 0.15) is 6.92 Å². The Hall–Kier alpha value is -3.98. The van der Waals surface area contributed by atoms with E-state index in [0.717, 1.165) is 0 Å². The van der Waals surface area contributed by atoms with Crippen LogP contribution >= 0.6 is 11.8 Å². The van der Waals surface area contributed by atoms with E-state index >= 15 is 0 Å². The summed E-state index contributed by atoms with van der Waals surface area (Å²) in [5, 5.41) is 3.24. The quantitative estimate of drug-likeness (QED) is 0.329. The zero-order valence-corrected chi connectivity index (χ0v) is 19.3. The number of aromatic nitrogens is 2. The number of fused-ring (bicyclic) bond motifs is 2. The van der Waals surface area contributed by atoms with Gasteiger partial charge in [0.05, 0.1) is 29.0 Å². The molecule has 1 amide bonds. The fourth-order valence-corrected chi connectivity index (χ4v) is 4.53. The number of carbonyl (C=O) groups excluding carboxylic acids is 1. The van der Waals surface area contributed by atoms with E-state index < -0.39 is 5.25 Å². The summed E-state index contributed by atoms with van der Waals surface area (Å²) in [6.07, 6.45) is 0. The van der Waals surface area contributed by atoms with E-state index in [-0.39, 0.29) is 18.3 Å². The van der Waals surface area contributed by atoms with E-state index in [4.69, 9.17) is 19.2 Å². The summed E-state index contributed by atoms with van der Waals surface area (Å²) in [5.74, 6) is 1.61. The minimum atomic E-state index is -0.546. The van der Waals surface area contributed by atoms with Crippen LogP contribution in [0.2, 0.25) is 0 Å². The van der Waals surface area contributed by atoms with Gasteiger partial charge in [-0.25, -0.2) is 4.98 Å². The second-order valence-corrected chi connectivity index (χ2v) is 8.88. The predicted octanol–water partition coefficient (Wildman–Crippen LogP) is 4.24. The number of nitrogens with one attached hydrogen (secondary N) is 1. The van der Waals surface area contributed by atoms with Gasteiger partial charge in [-0.2, -0.15) is 0 Å². The second-order valence-electron chi connectivity index (χ2n) is 7.57. The largest absolute Gasteiger partial charge is 0.497 e. The molecule has 0 unspecified atom stereocenters. The van der Waals surface area contributed by atoms with E-state index in [1.807, 2.05) is 12.1 Å². The lowest BCUT2D eigenvalue weighted by Crippen LogP contribution is -2.26. The molecule has 3 aromatic carbocycles. The molecule has 8 nitrogen and oxygen atoms in total. The van der Waals surface area contributed by atoms with Gasteiger partial charge in [-0.3, -0.25) is 14.2 Å². The first kappa shape index (κ1) is 21.8. The van der Waals surface area contributed by atoms with E-state index in [1.54, 1.807) is 68.6 Å². The van der Waals surface area contributed by atoms with Gasteiger partial charge in [-0.15, -0.1) is 0 Å².